The summed E-state index contributed by atoms with van der Waals surface area (Å²) >= 11 is 0. The van der Waals surface area contributed by atoms with Gasteiger partial charge in [0.05, 0.1) is 11.4 Å². The van der Waals surface area contributed by atoms with Crippen molar-refractivity contribution in [3.05, 3.63) is 12.1 Å². The highest BCUT2D eigenvalue weighted by molar-refractivity contribution is 5.94. The molecular formula is C14H20N2O3. The van der Waals surface area contributed by atoms with E-state index in [4.69, 9.17) is 15.2 Å². The molecule has 1 heterocycles. The Bertz CT molecular complexity index is 472. The van der Waals surface area contributed by atoms with Gasteiger partial charge >= 0.3 is 0 Å². The van der Waals surface area contributed by atoms with E-state index in [0.29, 0.717) is 48.4 Å². The number of nitrogens with two attached hydrogens (primary N) is 1. The van der Waals surface area contributed by atoms with Crippen molar-refractivity contribution in [3.63, 3.8) is 0 Å². The predicted octanol–water partition coefficient (Wildman–Crippen LogP) is 2.41. The molecule has 5 nitrogen and oxygen atoms in total. The van der Waals surface area contributed by atoms with E-state index in [9.17, 15) is 4.79 Å². The highest BCUT2D eigenvalue weighted by Gasteiger charge is 2.15. The van der Waals surface area contributed by atoms with Crippen LogP contribution in [0.25, 0.3) is 0 Å². The monoisotopic (exact) mass is 264 g/mol. The first-order valence-electron chi connectivity index (χ1n) is 6.55. The molecule has 0 unspecified atom stereocenters. The summed E-state index contributed by atoms with van der Waals surface area (Å²) in [5.74, 6) is 1.73. The number of carbonyl (C=O) groups is 1. The number of hydrogen-bond acceptors (Lipinski definition) is 4. The van der Waals surface area contributed by atoms with Crippen LogP contribution in [-0.2, 0) is 4.79 Å². The van der Waals surface area contributed by atoms with Crippen LogP contribution in [0.2, 0.25) is 0 Å². The lowest BCUT2D eigenvalue weighted by Gasteiger charge is -2.20. The molecule has 0 aliphatic carbocycles. The molecule has 104 valence electrons. The van der Waals surface area contributed by atoms with E-state index >= 15 is 0 Å². The molecule has 1 aromatic carbocycles. The first-order chi connectivity index (χ1) is 9.06. The largest absolute Gasteiger partial charge is 0.486 e. The van der Waals surface area contributed by atoms with Gasteiger partial charge in [0.15, 0.2) is 11.5 Å². The van der Waals surface area contributed by atoms with Gasteiger partial charge in [-0.25, -0.2) is 0 Å². The lowest BCUT2D eigenvalue weighted by molar-refractivity contribution is -0.116. The summed E-state index contributed by atoms with van der Waals surface area (Å²) in [4.78, 5) is 11.8. The summed E-state index contributed by atoms with van der Waals surface area (Å²) in [6.07, 6.45) is 1.35. The van der Waals surface area contributed by atoms with Crippen molar-refractivity contribution in [2.24, 2.45) is 5.92 Å². The van der Waals surface area contributed by atoms with Crippen molar-refractivity contribution in [2.75, 3.05) is 24.3 Å². The molecular weight excluding hydrogens is 244 g/mol. The Kier molecular flexibility index (Phi) is 4.14. The van der Waals surface area contributed by atoms with Crippen LogP contribution in [0.3, 0.4) is 0 Å². The Balaban J connectivity index is 2.05. The first-order valence-corrected chi connectivity index (χ1v) is 6.55. The van der Waals surface area contributed by atoms with Gasteiger partial charge in [0.2, 0.25) is 5.91 Å². The number of carbonyl (C=O) groups excluding carboxylic acids is 1. The van der Waals surface area contributed by atoms with E-state index in [2.05, 4.69) is 19.2 Å². The number of nitrogens with one attached hydrogen (secondary N) is 1. The van der Waals surface area contributed by atoms with Crippen LogP contribution in [0.15, 0.2) is 12.1 Å². The average Bonchev–Trinajstić information content (AvgIpc) is 2.37. The number of nitrogen functional groups attached to an aromatic ring is 1. The van der Waals surface area contributed by atoms with Crippen molar-refractivity contribution in [3.8, 4) is 11.5 Å². The highest BCUT2D eigenvalue weighted by Crippen LogP contribution is 2.36. The molecule has 3 N–H and O–H groups in total. The predicted molar refractivity (Wildman–Crippen MR) is 74.5 cm³/mol. The maximum atomic E-state index is 11.8. The second-order valence-corrected chi connectivity index (χ2v) is 5.06. The van der Waals surface area contributed by atoms with Crippen molar-refractivity contribution < 1.29 is 14.3 Å². The van der Waals surface area contributed by atoms with Gasteiger partial charge in [0.25, 0.3) is 0 Å². The topological polar surface area (TPSA) is 73.6 Å². The minimum absolute atomic E-state index is 0.0305. The van der Waals surface area contributed by atoms with Crippen molar-refractivity contribution in [2.45, 2.75) is 26.7 Å². The summed E-state index contributed by atoms with van der Waals surface area (Å²) in [6, 6.07) is 3.41. The summed E-state index contributed by atoms with van der Waals surface area (Å²) in [5, 5.41) is 2.82. The second kappa shape index (κ2) is 5.82. The molecule has 0 spiro atoms. The smallest absolute Gasteiger partial charge is 0.224 e. The fourth-order valence-electron chi connectivity index (χ4n) is 1.85. The molecule has 5 heteroatoms. The molecule has 1 aromatic rings. The standard InChI is InChI=1S/C14H20N2O3/c1-9(2)3-4-14(17)16-11-8-13-12(7-10(11)15)18-5-6-19-13/h7-9H,3-6,15H2,1-2H3,(H,16,17). The molecule has 0 saturated heterocycles. The van der Waals surface area contributed by atoms with Gasteiger partial charge in [-0.2, -0.15) is 0 Å². The summed E-state index contributed by atoms with van der Waals surface area (Å²) in [5.41, 5.74) is 6.97. The summed E-state index contributed by atoms with van der Waals surface area (Å²) in [6.45, 7) is 5.21. The van der Waals surface area contributed by atoms with Crippen LogP contribution in [0.1, 0.15) is 26.7 Å². The SMILES string of the molecule is CC(C)CCC(=O)Nc1cc2c(cc1N)OCCO2. The fourth-order valence-corrected chi connectivity index (χ4v) is 1.85. The van der Waals surface area contributed by atoms with Crippen LogP contribution in [0.5, 0.6) is 11.5 Å². The van der Waals surface area contributed by atoms with Crippen LogP contribution >= 0.6 is 0 Å². The molecule has 1 aliphatic rings. The molecule has 1 amide bonds. The molecule has 0 bridgehead atoms. The first kappa shape index (κ1) is 13.5. The molecule has 2 rings (SSSR count). The molecule has 0 saturated carbocycles. The lowest BCUT2D eigenvalue weighted by Crippen LogP contribution is -2.17. The van der Waals surface area contributed by atoms with E-state index in [0.717, 1.165) is 6.42 Å². The van der Waals surface area contributed by atoms with Crippen LogP contribution < -0.4 is 20.5 Å². The van der Waals surface area contributed by atoms with Gasteiger partial charge in [-0.3, -0.25) is 4.79 Å². The Hall–Kier alpha value is -1.91. The van der Waals surface area contributed by atoms with E-state index in [1.807, 2.05) is 0 Å². The summed E-state index contributed by atoms with van der Waals surface area (Å²) in [7, 11) is 0. The normalized spacial score (nSPS) is 13.4. The number of anilines is 2. The molecule has 0 fully saturated rings. The quantitative estimate of drug-likeness (QED) is 0.819. The fraction of sp³-hybridized carbons (Fsp3) is 0.500. The number of benzene rings is 1. The van der Waals surface area contributed by atoms with Crippen LogP contribution in [-0.4, -0.2) is 19.1 Å². The third-order valence-electron chi connectivity index (χ3n) is 2.94. The van der Waals surface area contributed by atoms with Crippen LogP contribution in [0, 0.1) is 5.92 Å². The Morgan fingerprint density at radius 2 is 1.95 bits per heavy atom. The van der Waals surface area contributed by atoms with Gasteiger partial charge in [-0.1, -0.05) is 13.8 Å². The number of hydrogen-bond donors (Lipinski definition) is 2. The maximum Gasteiger partial charge on any atom is 0.224 e. The third kappa shape index (κ3) is 3.53. The van der Waals surface area contributed by atoms with E-state index in [1.165, 1.54) is 0 Å². The molecule has 0 aromatic heterocycles. The number of amides is 1. The van der Waals surface area contributed by atoms with E-state index in [1.54, 1.807) is 12.1 Å². The zero-order valence-electron chi connectivity index (χ0n) is 11.4. The number of rotatable bonds is 4. The van der Waals surface area contributed by atoms with Gasteiger partial charge in [-0.15, -0.1) is 0 Å². The maximum absolute atomic E-state index is 11.8. The molecule has 19 heavy (non-hydrogen) atoms. The Morgan fingerprint density at radius 3 is 2.58 bits per heavy atom. The Labute approximate surface area is 113 Å². The van der Waals surface area contributed by atoms with Gasteiger partial charge in [0.1, 0.15) is 13.2 Å². The number of ether oxygens (including phenoxy) is 2. The highest BCUT2D eigenvalue weighted by atomic mass is 16.6. The zero-order valence-corrected chi connectivity index (χ0v) is 11.4. The molecule has 1 aliphatic heterocycles. The minimum atomic E-state index is -0.0305. The van der Waals surface area contributed by atoms with Crippen molar-refractivity contribution in [1.29, 1.82) is 0 Å². The molecule has 0 radical (unpaired) electrons. The Morgan fingerprint density at radius 1 is 1.32 bits per heavy atom. The van der Waals surface area contributed by atoms with Gasteiger partial charge < -0.3 is 20.5 Å². The van der Waals surface area contributed by atoms with Gasteiger partial charge in [-0.05, 0) is 12.3 Å². The number of fused-ring (bicyclic) bond motifs is 1. The minimum Gasteiger partial charge on any atom is -0.486 e. The average molecular weight is 264 g/mol. The van der Waals surface area contributed by atoms with E-state index < -0.39 is 0 Å². The molecule has 0 atom stereocenters. The van der Waals surface area contributed by atoms with Gasteiger partial charge in [0, 0.05) is 18.6 Å². The lowest BCUT2D eigenvalue weighted by atomic mass is 10.1. The van der Waals surface area contributed by atoms with Crippen molar-refractivity contribution >= 4 is 17.3 Å². The zero-order chi connectivity index (χ0) is 13.8. The second-order valence-electron chi connectivity index (χ2n) is 5.06. The summed E-state index contributed by atoms with van der Waals surface area (Å²) < 4.78 is 10.9. The third-order valence-corrected chi connectivity index (χ3v) is 2.94. The van der Waals surface area contributed by atoms with E-state index in [-0.39, 0.29) is 5.91 Å². The van der Waals surface area contributed by atoms with Crippen molar-refractivity contribution in [1.82, 2.24) is 0 Å². The van der Waals surface area contributed by atoms with Crippen LogP contribution in [0.4, 0.5) is 11.4 Å².